The summed E-state index contributed by atoms with van der Waals surface area (Å²) >= 11 is 0. The Morgan fingerprint density at radius 2 is 1.73 bits per heavy atom. The molecule has 4 rings (SSSR count). The first-order valence-corrected chi connectivity index (χ1v) is 13.6. The molecule has 4 aliphatic rings. The lowest BCUT2D eigenvalue weighted by Gasteiger charge is -2.58. The van der Waals surface area contributed by atoms with Gasteiger partial charge in [0.1, 0.15) is 0 Å². The summed E-state index contributed by atoms with van der Waals surface area (Å²) in [4.78, 5) is 0. The summed E-state index contributed by atoms with van der Waals surface area (Å²) in [5.74, 6) is 6.31. The molecule has 0 radical (unpaired) electrons. The second-order valence-corrected chi connectivity index (χ2v) is 12.8. The zero-order valence-corrected chi connectivity index (χ0v) is 20.9. The van der Waals surface area contributed by atoms with Crippen LogP contribution in [-0.4, -0.2) is 11.2 Å². The minimum absolute atomic E-state index is 0.0794. The number of hydrogen-bond acceptors (Lipinski definition) is 1. The Balaban J connectivity index is 1.46. The quantitative estimate of drug-likeness (QED) is 0.436. The number of hydrogen-bond donors (Lipinski definition) is 1. The minimum Gasteiger partial charge on any atom is -0.393 e. The Morgan fingerprint density at radius 3 is 2.47 bits per heavy atom. The molecule has 0 aromatic heterocycles. The first-order chi connectivity index (χ1) is 14.2. The van der Waals surface area contributed by atoms with E-state index in [-0.39, 0.29) is 6.10 Å². The number of aliphatic hydroxyl groups is 1. The molecule has 30 heavy (non-hydrogen) atoms. The summed E-state index contributed by atoms with van der Waals surface area (Å²) in [6, 6.07) is 0. The molecule has 0 aromatic carbocycles. The van der Waals surface area contributed by atoms with E-state index in [1.54, 1.807) is 5.57 Å². The molecule has 1 heteroatoms. The lowest BCUT2D eigenvalue weighted by Crippen LogP contribution is -2.50. The smallest absolute Gasteiger partial charge is 0.0577 e. The summed E-state index contributed by atoms with van der Waals surface area (Å²) in [6.07, 6.45) is 17.1. The number of aliphatic hydroxyl groups excluding tert-OH is 1. The maximum absolute atomic E-state index is 10.2. The zero-order chi connectivity index (χ0) is 21.7. The van der Waals surface area contributed by atoms with Crippen molar-refractivity contribution in [2.45, 2.75) is 118 Å². The molecular weight excluding hydrogens is 364 g/mol. The average molecular weight is 415 g/mol. The van der Waals surface area contributed by atoms with E-state index in [0.29, 0.717) is 10.8 Å². The highest BCUT2D eigenvalue weighted by Gasteiger charge is 2.59. The second kappa shape index (κ2) is 8.57. The van der Waals surface area contributed by atoms with Crippen LogP contribution in [0.1, 0.15) is 112 Å². The molecule has 0 bridgehead atoms. The van der Waals surface area contributed by atoms with E-state index in [2.05, 4.69) is 47.6 Å². The van der Waals surface area contributed by atoms with E-state index >= 15 is 0 Å². The van der Waals surface area contributed by atoms with E-state index in [1.165, 1.54) is 57.8 Å². The predicted molar refractivity (Wildman–Crippen MR) is 128 cm³/mol. The van der Waals surface area contributed by atoms with Gasteiger partial charge < -0.3 is 5.11 Å². The second-order valence-electron chi connectivity index (χ2n) is 12.8. The fraction of sp³-hybridized carbons (Fsp3) is 0.931. The molecule has 3 saturated carbocycles. The van der Waals surface area contributed by atoms with Crippen LogP contribution in [0.15, 0.2) is 11.6 Å². The monoisotopic (exact) mass is 414 g/mol. The van der Waals surface area contributed by atoms with E-state index in [0.717, 1.165) is 54.3 Å². The van der Waals surface area contributed by atoms with Crippen molar-refractivity contribution in [1.82, 2.24) is 0 Å². The van der Waals surface area contributed by atoms with Crippen molar-refractivity contribution in [1.29, 1.82) is 0 Å². The van der Waals surface area contributed by atoms with Gasteiger partial charge in [-0.05, 0) is 104 Å². The minimum atomic E-state index is -0.0794. The van der Waals surface area contributed by atoms with Crippen LogP contribution in [0, 0.1) is 52.3 Å². The van der Waals surface area contributed by atoms with E-state index in [9.17, 15) is 5.11 Å². The summed E-state index contributed by atoms with van der Waals surface area (Å²) in [6.45, 7) is 15.1. The van der Waals surface area contributed by atoms with Crippen LogP contribution in [0.3, 0.4) is 0 Å². The van der Waals surface area contributed by atoms with Crippen LogP contribution >= 0.6 is 0 Å². The average Bonchev–Trinajstić information content (AvgIpc) is 3.09. The van der Waals surface area contributed by atoms with Crippen molar-refractivity contribution in [2.75, 3.05) is 0 Å². The van der Waals surface area contributed by atoms with Crippen molar-refractivity contribution in [3.8, 4) is 0 Å². The highest BCUT2D eigenvalue weighted by atomic mass is 16.3. The molecule has 0 aromatic rings. The summed E-state index contributed by atoms with van der Waals surface area (Å²) in [5.41, 5.74) is 2.59. The molecule has 0 aliphatic heterocycles. The van der Waals surface area contributed by atoms with Crippen LogP contribution in [-0.2, 0) is 0 Å². The molecule has 172 valence electrons. The standard InChI is InChI=1S/C29H50O/c1-7-19(2)20(3)8-9-21(4)25-12-13-26-24-11-10-22-18-23(30)14-16-28(22,5)27(24)15-17-29(25,26)6/h10,19-21,23-27,30H,7-9,11-18H2,1-6H3/t19-,20+,21+,23-,24-,25-,26+,27-,28-,29+/m0/s1. The highest BCUT2D eigenvalue weighted by Crippen LogP contribution is 2.67. The lowest BCUT2D eigenvalue weighted by atomic mass is 9.47. The van der Waals surface area contributed by atoms with Gasteiger partial charge in [-0.3, -0.25) is 0 Å². The third-order valence-corrected chi connectivity index (χ3v) is 11.5. The van der Waals surface area contributed by atoms with Gasteiger partial charge in [0.05, 0.1) is 6.10 Å². The Hall–Kier alpha value is -0.300. The molecule has 10 atom stereocenters. The predicted octanol–water partition coefficient (Wildman–Crippen LogP) is 8.02. The highest BCUT2D eigenvalue weighted by molar-refractivity contribution is 5.25. The van der Waals surface area contributed by atoms with Gasteiger partial charge in [0.2, 0.25) is 0 Å². The molecule has 4 aliphatic carbocycles. The topological polar surface area (TPSA) is 20.2 Å². The number of fused-ring (bicyclic) bond motifs is 5. The van der Waals surface area contributed by atoms with Gasteiger partial charge >= 0.3 is 0 Å². The van der Waals surface area contributed by atoms with E-state index < -0.39 is 0 Å². The Morgan fingerprint density at radius 1 is 0.967 bits per heavy atom. The fourth-order valence-electron chi connectivity index (χ4n) is 9.03. The van der Waals surface area contributed by atoms with Gasteiger partial charge in [0.15, 0.2) is 0 Å². The Labute approximate surface area is 187 Å². The van der Waals surface area contributed by atoms with Gasteiger partial charge in [-0.1, -0.05) is 72.5 Å². The Bertz CT molecular complexity index is 636. The third kappa shape index (κ3) is 3.74. The molecule has 0 heterocycles. The molecule has 0 amide bonds. The molecule has 3 fully saturated rings. The maximum Gasteiger partial charge on any atom is 0.0577 e. The molecular formula is C29H50O. The molecule has 0 unspecified atom stereocenters. The maximum atomic E-state index is 10.2. The van der Waals surface area contributed by atoms with E-state index in [4.69, 9.17) is 0 Å². The van der Waals surface area contributed by atoms with Crippen LogP contribution in [0.2, 0.25) is 0 Å². The first kappa shape index (κ1) is 22.9. The SMILES string of the molecule is CC[C@H](C)[C@H](C)CC[C@@H](C)[C@@H]1CC[C@@H]2[C@@H]3CC=C4C[C@@H](O)CC[C@]4(C)[C@H]3CC[C@@]21C. The van der Waals surface area contributed by atoms with Gasteiger partial charge in [0.25, 0.3) is 0 Å². The van der Waals surface area contributed by atoms with Crippen LogP contribution in [0.4, 0.5) is 0 Å². The van der Waals surface area contributed by atoms with Gasteiger partial charge in [-0.25, -0.2) is 0 Å². The molecule has 1 nitrogen and oxygen atoms in total. The summed E-state index contributed by atoms with van der Waals surface area (Å²) in [5, 5.41) is 10.2. The van der Waals surface area contributed by atoms with Gasteiger partial charge in [-0.15, -0.1) is 0 Å². The van der Waals surface area contributed by atoms with Crippen LogP contribution in [0.5, 0.6) is 0 Å². The normalized spacial score (nSPS) is 46.2. The Kier molecular flexibility index (Phi) is 6.53. The fourth-order valence-corrected chi connectivity index (χ4v) is 9.03. The molecule has 0 spiro atoms. The number of rotatable bonds is 6. The number of allylic oxidation sites excluding steroid dienone is 1. The lowest BCUT2D eigenvalue weighted by molar-refractivity contribution is -0.0575. The van der Waals surface area contributed by atoms with Crippen molar-refractivity contribution >= 4 is 0 Å². The first-order valence-electron chi connectivity index (χ1n) is 13.6. The largest absolute Gasteiger partial charge is 0.393 e. The summed E-state index contributed by atoms with van der Waals surface area (Å²) < 4.78 is 0. The molecule has 0 saturated heterocycles. The van der Waals surface area contributed by atoms with Crippen molar-refractivity contribution in [3.63, 3.8) is 0 Å². The van der Waals surface area contributed by atoms with Crippen molar-refractivity contribution < 1.29 is 5.11 Å². The van der Waals surface area contributed by atoms with E-state index in [1.807, 2.05) is 0 Å². The summed E-state index contributed by atoms with van der Waals surface area (Å²) in [7, 11) is 0. The zero-order valence-electron chi connectivity index (χ0n) is 20.9. The third-order valence-electron chi connectivity index (χ3n) is 11.5. The van der Waals surface area contributed by atoms with Gasteiger partial charge in [-0.2, -0.15) is 0 Å². The van der Waals surface area contributed by atoms with Crippen molar-refractivity contribution in [2.24, 2.45) is 52.3 Å². The van der Waals surface area contributed by atoms with Crippen molar-refractivity contribution in [3.05, 3.63) is 11.6 Å². The molecule has 1 N–H and O–H groups in total. The van der Waals surface area contributed by atoms with Crippen LogP contribution in [0.25, 0.3) is 0 Å². The van der Waals surface area contributed by atoms with Gasteiger partial charge in [0, 0.05) is 0 Å². The van der Waals surface area contributed by atoms with Crippen LogP contribution < -0.4 is 0 Å².